The minimum atomic E-state index is -0.816. The molecule has 2 rings (SSSR count). The molecule has 1 amide bonds. The topological polar surface area (TPSA) is 66.4 Å². The molecule has 1 fully saturated rings. The Kier molecular flexibility index (Phi) is 4.86. The zero-order valence-corrected chi connectivity index (χ0v) is 14.0. The van der Waals surface area contributed by atoms with Crippen molar-refractivity contribution in [1.29, 1.82) is 0 Å². The van der Waals surface area contributed by atoms with Crippen molar-refractivity contribution in [3.8, 4) is 0 Å². The zero-order valence-electron chi connectivity index (χ0n) is 10.8. The van der Waals surface area contributed by atoms with Crippen molar-refractivity contribution < 1.29 is 14.7 Å². The number of hydrogen-bond acceptors (Lipinski definition) is 2. The van der Waals surface area contributed by atoms with E-state index in [-0.39, 0.29) is 12.5 Å². The standard InChI is InChI=1S/C14H15Br2NO3/c15-9-3-4-11(16)10(7-9)12(18)17-8-14(13(19)20)5-1-2-6-14/h3-4,7H,1-2,5-6,8H2,(H,17,18)(H,19,20). The van der Waals surface area contributed by atoms with E-state index in [0.29, 0.717) is 22.9 Å². The van der Waals surface area contributed by atoms with Crippen LogP contribution in [0.3, 0.4) is 0 Å². The van der Waals surface area contributed by atoms with Gasteiger partial charge in [-0.05, 0) is 47.0 Å². The van der Waals surface area contributed by atoms with Crippen LogP contribution in [-0.4, -0.2) is 23.5 Å². The highest BCUT2D eigenvalue weighted by Crippen LogP contribution is 2.37. The molecule has 0 aromatic heterocycles. The van der Waals surface area contributed by atoms with Gasteiger partial charge < -0.3 is 10.4 Å². The summed E-state index contributed by atoms with van der Waals surface area (Å²) in [5.41, 5.74) is -0.299. The van der Waals surface area contributed by atoms with E-state index in [4.69, 9.17) is 0 Å². The van der Waals surface area contributed by atoms with E-state index in [2.05, 4.69) is 37.2 Å². The SMILES string of the molecule is O=C(NCC1(C(=O)O)CCCC1)c1cc(Br)ccc1Br. The summed E-state index contributed by atoms with van der Waals surface area (Å²) in [4.78, 5) is 23.6. The van der Waals surface area contributed by atoms with Crippen LogP contribution in [0.4, 0.5) is 0 Å². The lowest BCUT2D eigenvalue weighted by Gasteiger charge is -2.24. The van der Waals surface area contributed by atoms with Gasteiger partial charge in [0.25, 0.3) is 5.91 Å². The van der Waals surface area contributed by atoms with Crippen molar-refractivity contribution >= 4 is 43.7 Å². The third kappa shape index (κ3) is 3.23. The molecular formula is C14H15Br2NO3. The molecule has 108 valence electrons. The van der Waals surface area contributed by atoms with Crippen LogP contribution in [0.1, 0.15) is 36.0 Å². The highest BCUT2D eigenvalue weighted by molar-refractivity contribution is 9.11. The van der Waals surface area contributed by atoms with Gasteiger partial charge in [0.15, 0.2) is 0 Å². The van der Waals surface area contributed by atoms with Crippen LogP contribution in [0.2, 0.25) is 0 Å². The Bertz CT molecular complexity index is 539. The van der Waals surface area contributed by atoms with Crippen molar-refractivity contribution in [2.75, 3.05) is 6.54 Å². The summed E-state index contributed by atoms with van der Waals surface area (Å²) in [7, 11) is 0. The minimum Gasteiger partial charge on any atom is -0.481 e. The van der Waals surface area contributed by atoms with Crippen LogP contribution in [0.25, 0.3) is 0 Å². The van der Waals surface area contributed by atoms with Crippen LogP contribution in [0.15, 0.2) is 27.1 Å². The van der Waals surface area contributed by atoms with Gasteiger partial charge in [0.1, 0.15) is 0 Å². The number of carboxylic acids is 1. The van der Waals surface area contributed by atoms with Crippen LogP contribution in [0.5, 0.6) is 0 Å². The molecule has 0 atom stereocenters. The molecule has 2 N–H and O–H groups in total. The first kappa shape index (κ1) is 15.5. The minimum absolute atomic E-state index is 0.181. The molecule has 0 unspecified atom stereocenters. The van der Waals surface area contributed by atoms with Crippen molar-refractivity contribution in [2.45, 2.75) is 25.7 Å². The van der Waals surface area contributed by atoms with Crippen molar-refractivity contribution in [1.82, 2.24) is 5.32 Å². The number of amides is 1. The number of hydrogen-bond donors (Lipinski definition) is 2. The average Bonchev–Trinajstić information content (AvgIpc) is 2.89. The Morgan fingerprint density at radius 3 is 2.50 bits per heavy atom. The van der Waals surface area contributed by atoms with Crippen LogP contribution >= 0.6 is 31.9 Å². The lowest BCUT2D eigenvalue weighted by atomic mass is 9.86. The first-order valence-electron chi connectivity index (χ1n) is 6.41. The second-order valence-corrected chi connectivity index (χ2v) is 6.87. The van der Waals surface area contributed by atoms with Gasteiger partial charge in [-0.15, -0.1) is 0 Å². The Morgan fingerprint density at radius 1 is 1.25 bits per heavy atom. The summed E-state index contributed by atoms with van der Waals surface area (Å²) >= 11 is 6.65. The molecule has 1 aliphatic carbocycles. The van der Waals surface area contributed by atoms with Crippen LogP contribution < -0.4 is 5.32 Å². The molecule has 0 radical (unpaired) electrons. The van der Waals surface area contributed by atoms with E-state index in [0.717, 1.165) is 17.3 Å². The largest absolute Gasteiger partial charge is 0.481 e. The lowest BCUT2D eigenvalue weighted by molar-refractivity contribution is -0.148. The number of carboxylic acid groups (broad SMARTS) is 1. The summed E-state index contributed by atoms with van der Waals surface area (Å²) < 4.78 is 1.49. The number of nitrogens with one attached hydrogen (secondary N) is 1. The second kappa shape index (κ2) is 6.26. The second-order valence-electron chi connectivity index (χ2n) is 5.10. The summed E-state index contributed by atoms with van der Waals surface area (Å²) in [6, 6.07) is 5.32. The van der Waals surface area contributed by atoms with Crippen LogP contribution in [-0.2, 0) is 4.79 Å². The number of aliphatic carboxylic acids is 1. The molecule has 1 aromatic carbocycles. The molecular weight excluding hydrogens is 390 g/mol. The number of carbonyl (C=O) groups excluding carboxylic acids is 1. The third-order valence-corrected chi connectivity index (χ3v) is 4.96. The first-order chi connectivity index (χ1) is 9.44. The maximum absolute atomic E-state index is 12.2. The molecule has 0 heterocycles. The molecule has 1 saturated carbocycles. The number of halogens is 2. The smallest absolute Gasteiger partial charge is 0.311 e. The van der Waals surface area contributed by atoms with Gasteiger partial charge in [0, 0.05) is 15.5 Å². The van der Waals surface area contributed by atoms with Crippen molar-refractivity contribution in [3.05, 3.63) is 32.7 Å². The van der Waals surface area contributed by atoms with Gasteiger partial charge in [0.2, 0.25) is 0 Å². The molecule has 0 spiro atoms. The molecule has 20 heavy (non-hydrogen) atoms. The molecule has 0 aliphatic heterocycles. The fraction of sp³-hybridized carbons (Fsp3) is 0.429. The van der Waals surface area contributed by atoms with Crippen LogP contribution in [0, 0.1) is 5.41 Å². The maximum atomic E-state index is 12.2. The van der Waals surface area contributed by atoms with E-state index in [1.54, 1.807) is 12.1 Å². The number of benzene rings is 1. The number of rotatable bonds is 4. The zero-order chi connectivity index (χ0) is 14.8. The maximum Gasteiger partial charge on any atom is 0.311 e. The van der Waals surface area contributed by atoms with Gasteiger partial charge in [-0.1, -0.05) is 28.8 Å². The molecule has 6 heteroatoms. The Labute approximate surface area is 134 Å². The highest BCUT2D eigenvalue weighted by Gasteiger charge is 2.41. The van der Waals surface area contributed by atoms with Crippen molar-refractivity contribution in [2.24, 2.45) is 5.41 Å². The fourth-order valence-corrected chi connectivity index (χ4v) is 3.32. The lowest BCUT2D eigenvalue weighted by Crippen LogP contribution is -2.41. The van der Waals surface area contributed by atoms with Gasteiger partial charge in [-0.2, -0.15) is 0 Å². The summed E-state index contributed by atoms with van der Waals surface area (Å²) in [5.74, 6) is -1.07. The molecule has 1 aliphatic rings. The van der Waals surface area contributed by atoms with Gasteiger partial charge >= 0.3 is 5.97 Å². The van der Waals surface area contributed by atoms with E-state index in [1.165, 1.54) is 0 Å². The average molecular weight is 405 g/mol. The first-order valence-corrected chi connectivity index (χ1v) is 8.00. The fourth-order valence-electron chi connectivity index (χ4n) is 2.53. The van der Waals surface area contributed by atoms with Gasteiger partial charge in [-0.25, -0.2) is 0 Å². The normalized spacial score (nSPS) is 16.9. The Balaban J connectivity index is 2.08. The predicted molar refractivity (Wildman–Crippen MR) is 82.7 cm³/mol. The molecule has 0 bridgehead atoms. The van der Waals surface area contributed by atoms with E-state index >= 15 is 0 Å². The van der Waals surface area contributed by atoms with E-state index < -0.39 is 11.4 Å². The quantitative estimate of drug-likeness (QED) is 0.805. The monoisotopic (exact) mass is 403 g/mol. The summed E-state index contributed by atoms with van der Waals surface area (Å²) in [5, 5.41) is 12.1. The third-order valence-electron chi connectivity index (χ3n) is 3.77. The summed E-state index contributed by atoms with van der Waals surface area (Å²) in [6.45, 7) is 0.181. The van der Waals surface area contributed by atoms with E-state index in [9.17, 15) is 14.7 Å². The van der Waals surface area contributed by atoms with Gasteiger partial charge in [0.05, 0.1) is 11.0 Å². The molecule has 1 aromatic rings. The Morgan fingerprint density at radius 2 is 1.90 bits per heavy atom. The van der Waals surface area contributed by atoms with E-state index in [1.807, 2.05) is 6.07 Å². The number of carbonyl (C=O) groups is 2. The van der Waals surface area contributed by atoms with Crippen molar-refractivity contribution in [3.63, 3.8) is 0 Å². The highest BCUT2D eigenvalue weighted by atomic mass is 79.9. The summed E-state index contributed by atoms with van der Waals surface area (Å²) in [6.07, 6.45) is 3.07. The predicted octanol–water partition coefficient (Wildman–Crippen LogP) is 3.59. The Hall–Kier alpha value is -0.880. The molecule has 4 nitrogen and oxygen atoms in total. The molecule has 0 saturated heterocycles. The van der Waals surface area contributed by atoms with Gasteiger partial charge in [-0.3, -0.25) is 9.59 Å².